The minimum Gasteiger partial charge on any atom is -0.497 e. The van der Waals surface area contributed by atoms with Crippen LogP contribution < -0.4 is 25.0 Å². The molecule has 174 valence electrons. The third kappa shape index (κ3) is 5.18. The maximum Gasteiger partial charge on any atom is 0.269 e. The lowest BCUT2D eigenvalue weighted by Crippen LogP contribution is -2.43. The third-order valence-corrected chi connectivity index (χ3v) is 6.34. The average molecular weight is 480 g/mol. The fraction of sp³-hybridized carbons (Fsp3) is 0.0833. The summed E-state index contributed by atoms with van der Waals surface area (Å²) < 4.78 is 38.5. The lowest BCUT2D eigenvalue weighted by atomic mass is 10.1. The van der Waals surface area contributed by atoms with Gasteiger partial charge >= 0.3 is 0 Å². The molecule has 0 aromatic heterocycles. The molecule has 0 fully saturated rings. The summed E-state index contributed by atoms with van der Waals surface area (Å²) in [5, 5.41) is 0. The smallest absolute Gasteiger partial charge is 0.269 e. The van der Waals surface area contributed by atoms with E-state index in [-0.39, 0.29) is 17.1 Å². The number of sulfonamides is 1. The highest BCUT2D eigenvalue weighted by atomic mass is 32.2. The topological polar surface area (TPSA) is 123 Å². The number of carbonyl (C=O) groups excluding carboxylic acids is 2. The van der Waals surface area contributed by atoms with Crippen LogP contribution in [0.25, 0.3) is 6.08 Å². The molecule has 0 saturated heterocycles. The van der Waals surface area contributed by atoms with E-state index in [0.717, 1.165) is 5.56 Å². The van der Waals surface area contributed by atoms with Gasteiger partial charge in [0, 0.05) is 16.8 Å². The molecule has 0 unspecified atom stereocenters. The number of hydrazine groups is 1. The summed E-state index contributed by atoms with van der Waals surface area (Å²) in [7, 11) is -2.44. The molecule has 2 amide bonds. The molecule has 0 bridgehead atoms. The number of hydrogen-bond donors (Lipinski definition) is 3. The van der Waals surface area contributed by atoms with Gasteiger partial charge in [0.05, 0.1) is 17.6 Å². The first kappa shape index (κ1) is 22.9. The number of carbonyl (C=O) groups is 2. The number of amides is 2. The number of anilines is 1. The van der Waals surface area contributed by atoms with Crippen LogP contribution >= 0.6 is 0 Å². The third-order valence-electron chi connectivity index (χ3n) is 4.96. The maximum absolute atomic E-state index is 12.7. The molecule has 0 aliphatic carbocycles. The van der Waals surface area contributed by atoms with Gasteiger partial charge in [0.1, 0.15) is 18.1 Å². The van der Waals surface area contributed by atoms with Gasteiger partial charge in [0.15, 0.2) is 0 Å². The Morgan fingerprint density at radius 1 is 0.912 bits per heavy atom. The molecular weight excluding hydrogens is 458 g/mol. The fourth-order valence-electron chi connectivity index (χ4n) is 3.19. The van der Waals surface area contributed by atoms with Crippen LogP contribution in [0.2, 0.25) is 0 Å². The SMILES string of the molecule is COc1ccc(NS(=O)(=O)c2cccc(C(=O)NNC(=O)C3=Cc4ccccc4OC3)c2)cc1. The number of hydrogen-bond acceptors (Lipinski definition) is 6. The fourth-order valence-corrected chi connectivity index (χ4v) is 4.29. The summed E-state index contributed by atoms with van der Waals surface area (Å²) in [4.78, 5) is 24.9. The molecule has 34 heavy (non-hydrogen) atoms. The highest BCUT2D eigenvalue weighted by Crippen LogP contribution is 2.25. The molecule has 10 heteroatoms. The quantitative estimate of drug-likeness (QED) is 0.467. The Hall–Kier alpha value is -4.31. The van der Waals surface area contributed by atoms with Crippen molar-refractivity contribution >= 4 is 33.6 Å². The predicted octanol–water partition coefficient (Wildman–Crippen LogP) is 2.73. The molecule has 0 radical (unpaired) electrons. The summed E-state index contributed by atoms with van der Waals surface area (Å²) in [5.74, 6) is 0.0492. The van der Waals surface area contributed by atoms with Gasteiger partial charge < -0.3 is 9.47 Å². The van der Waals surface area contributed by atoms with Crippen LogP contribution in [0.3, 0.4) is 0 Å². The number of nitrogens with one attached hydrogen (secondary N) is 3. The number of ether oxygens (including phenoxy) is 2. The lowest BCUT2D eigenvalue weighted by molar-refractivity contribution is -0.118. The summed E-state index contributed by atoms with van der Waals surface area (Å²) in [6, 6.07) is 19.1. The number of benzene rings is 3. The minimum atomic E-state index is -3.95. The molecule has 1 aliphatic rings. The predicted molar refractivity (Wildman–Crippen MR) is 126 cm³/mol. The van der Waals surface area contributed by atoms with Crippen molar-refractivity contribution in [3.63, 3.8) is 0 Å². The van der Waals surface area contributed by atoms with E-state index in [1.54, 1.807) is 36.4 Å². The summed E-state index contributed by atoms with van der Waals surface area (Å²) in [5.41, 5.74) is 6.11. The number of para-hydroxylation sites is 1. The second-order valence-corrected chi connectivity index (χ2v) is 8.95. The van der Waals surface area contributed by atoms with Crippen molar-refractivity contribution in [1.82, 2.24) is 10.9 Å². The van der Waals surface area contributed by atoms with Gasteiger partial charge in [-0.05, 0) is 54.6 Å². The second-order valence-electron chi connectivity index (χ2n) is 7.27. The van der Waals surface area contributed by atoms with Gasteiger partial charge in [-0.2, -0.15) is 0 Å². The highest BCUT2D eigenvalue weighted by Gasteiger charge is 2.19. The molecule has 3 aromatic carbocycles. The van der Waals surface area contributed by atoms with E-state index in [0.29, 0.717) is 22.8 Å². The van der Waals surface area contributed by atoms with Gasteiger partial charge in [-0.15, -0.1) is 0 Å². The molecular formula is C24H21N3O6S. The number of rotatable bonds is 6. The Kier molecular flexibility index (Phi) is 6.51. The van der Waals surface area contributed by atoms with Crippen molar-refractivity contribution in [3.8, 4) is 11.5 Å². The summed E-state index contributed by atoms with van der Waals surface area (Å²) in [6.07, 6.45) is 1.68. The Balaban J connectivity index is 1.41. The average Bonchev–Trinajstić information content (AvgIpc) is 2.87. The zero-order valence-electron chi connectivity index (χ0n) is 18.1. The van der Waals surface area contributed by atoms with Crippen LogP contribution in [-0.2, 0) is 14.8 Å². The van der Waals surface area contributed by atoms with Crippen molar-refractivity contribution in [2.45, 2.75) is 4.90 Å². The van der Waals surface area contributed by atoms with Crippen molar-refractivity contribution in [1.29, 1.82) is 0 Å². The van der Waals surface area contributed by atoms with Crippen molar-refractivity contribution in [2.24, 2.45) is 0 Å². The van der Waals surface area contributed by atoms with Crippen LogP contribution in [0, 0.1) is 0 Å². The first-order valence-electron chi connectivity index (χ1n) is 10.2. The highest BCUT2D eigenvalue weighted by molar-refractivity contribution is 7.92. The monoisotopic (exact) mass is 479 g/mol. The van der Waals surface area contributed by atoms with E-state index in [1.807, 2.05) is 18.2 Å². The zero-order chi connectivity index (χ0) is 24.1. The molecule has 1 heterocycles. The van der Waals surface area contributed by atoms with E-state index in [9.17, 15) is 18.0 Å². The Morgan fingerprint density at radius 3 is 2.41 bits per heavy atom. The van der Waals surface area contributed by atoms with Gasteiger partial charge in [0.2, 0.25) is 0 Å². The molecule has 0 atom stereocenters. The number of methoxy groups -OCH3 is 1. The van der Waals surface area contributed by atoms with Crippen LogP contribution in [-0.4, -0.2) is 33.9 Å². The van der Waals surface area contributed by atoms with Gasteiger partial charge in [-0.25, -0.2) is 8.42 Å². The molecule has 0 saturated carbocycles. The van der Waals surface area contributed by atoms with Gasteiger partial charge in [0.25, 0.3) is 21.8 Å². The lowest BCUT2D eigenvalue weighted by Gasteiger charge is -2.17. The maximum atomic E-state index is 12.7. The first-order valence-corrected chi connectivity index (χ1v) is 11.6. The van der Waals surface area contributed by atoms with E-state index in [2.05, 4.69) is 15.6 Å². The Bertz CT molecular complexity index is 1370. The minimum absolute atomic E-state index is 0.0529. The van der Waals surface area contributed by atoms with Gasteiger partial charge in [-0.1, -0.05) is 24.3 Å². The van der Waals surface area contributed by atoms with E-state index in [1.165, 1.54) is 31.4 Å². The molecule has 4 rings (SSSR count). The van der Waals surface area contributed by atoms with Crippen LogP contribution in [0.4, 0.5) is 5.69 Å². The normalized spacial score (nSPS) is 12.4. The van der Waals surface area contributed by atoms with Crippen LogP contribution in [0.1, 0.15) is 15.9 Å². The van der Waals surface area contributed by atoms with E-state index < -0.39 is 21.8 Å². The standard InChI is InChI=1S/C24H21N3O6S/c1-32-20-11-9-19(10-12-20)27-34(30,31)21-7-4-6-17(14-21)23(28)25-26-24(29)18-13-16-5-2-3-8-22(16)33-15-18/h2-14,27H,15H2,1H3,(H,25,28)(H,26,29). The summed E-state index contributed by atoms with van der Waals surface area (Å²) in [6.45, 7) is 0.0590. The van der Waals surface area contributed by atoms with Crippen LogP contribution in [0.15, 0.2) is 83.3 Å². The molecule has 3 N–H and O–H groups in total. The van der Waals surface area contributed by atoms with Crippen molar-refractivity contribution < 1.29 is 27.5 Å². The molecule has 1 aliphatic heterocycles. The van der Waals surface area contributed by atoms with Gasteiger partial charge in [-0.3, -0.25) is 25.2 Å². The molecule has 0 spiro atoms. The Labute approximate surface area is 196 Å². The van der Waals surface area contributed by atoms with Crippen LogP contribution in [0.5, 0.6) is 11.5 Å². The number of fused-ring (bicyclic) bond motifs is 1. The van der Waals surface area contributed by atoms with E-state index >= 15 is 0 Å². The molecule has 9 nitrogen and oxygen atoms in total. The van der Waals surface area contributed by atoms with E-state index in [4.69, 9.17) is 9.47 Å². The zero-order valence-corrected chi connectivity index (χ0v) is 18.9. The first-order chi connectivity index (χ1) is 16.4. The van der Waals surface area contributed by atoms with Crippen molar-refractivity contribution in [3.05, 3.63) is 89.5 Å². The summed E-state index contributed by atoms with van der Waals surface area (Å²) >= 11 is 0. The second kappa shape index (κ2) is 9.67. The largest absolute Gasteiger partial charge is 0.497 e. The molecule has 3 aromatic rings. The van der Waals surface area contributed by atoms with Crippen molar-refractivity contribution in [2.75, 3.05) is 18.4 Å². The Morgan fingerprint density at radius 2 is 1.65 bits per heavy atom.